The fourth-order valence-electron chi connectivity index (χ4n) is 1.14. The minimum atomic E-state index is -1.21. The van der Waals surface area contributed by atoms with Crippen LogP contribution in [-0.2, 0) is 0 Å². The van der Waals surface area contributed by atoms with Crippen LogP contribution in [0.5, 0.6) is 0 Å². The van der Waals surface area contributed by atoms with Crippen LogP contribution in [0.15, 0.2) is 20.8 Å². The zero-order valence-corrected chi connectivity index (χ0v) is 9.11. The zero-order valence-electron chi connectivity index (χ0n) is 6.70. The number of aromatic amines is 1. The smallest absolute Gasteiger partial charge is 0.341 e. The van der Waals surface area contributed by atoms with Crippen molar-refractivity contribution in [2.75, 3.05) is 0 Å². The second-order valence-electron chi connectivity index (χ2n) is 2.63. The maximum atomic E-state index is 11.6. The Kier molecular flexibility index (Phi) is 2.16. The molecule has 0 aliphatic carbocycles. The van der Waals surface area contributed by atoms with Gasteiger partial charge in [0.1, 0.15) is 10.4 Å². The number of carboxylic acid groups (broad SMARTS) is 1. The van der Waals surface area contributed by atoms with Gasteiger partial charge in [-0.25, -0.2) is 4.79 Å². The molecule has 0 radical (unpaired) electrons. The van der Waals surface area contributed by atoms with E-state index in [1.807, 2.05) is 0 Å². The summed E-state index contributed by atoms with van der Waals surface area (Å²) in [6.45, 7) is 0. The third-order valence-corrected chi connectivity index (χ3v) is 3.34. The van der Waals surface area contributed by atoms with Gasteiger partial charge in [-0.3, -0.25) is 4.79 Å². The number of nitrogens with one attached hydrogen (secondary N) is 1. The monoisotopic (exact) mass is 273 g/mol. The molecule has 0 aliphatic rings. The van der Waals surface area contributed by atoms with Gasteiger partial charge in [0.2, 0.25) is 5.43 Å². The van der Waals surface area contributed by atoms with Crippen LogP contribution in [0.25, 0.3) is 10.2 Å². The number of aromatic nitrogens is 1. The molecule has 0 bridgehead atoms. The Morgan fingerprint density at radius 3 is 2.93 bits per heavy atom. The first-order chi connectivity index (χ1) is 6.59. The normalized spacial score (nSPS) is 10.6. The molecule has 4 nitrogen and oxygen atoms in total. The summed E-state index contributed by atoms with van der Waals surface area (Å²) in [7, 11) is 0. The Hall–Kier alpha value is -1.14. The lowest BCUT2D eigenvalue weighted by Crippen LogP contribution is -2.14. The van der Waals surface area contributed by atoms with Crippen molar-refractivity contribution in [3.63, 3.8) is 0 Å². The van der Waals surface area contributed by atoms with E-state index >= 15 is 0 Å². The van der Waals surface area contributed by atoms with Gasteiger partial charge in [0, 0.05) is 6.20 Å². The molecule has 0 fully saturated rings. The molecule has 0 aliphatic heterocycles. The summed E-state index contributed by atoms with van der Waals surface area (Å²) >= 11 is 4.59. The Morgan fingerprint density at radius 1 is 1.57 bits per heavy atom. The molecule has 0 spiro atoms. The molecule has 2 aromatic rings. The number of halogens is 1. The van der Waals surface area contributed by atoms with Crippen molar-refractivity contribution in [3.8, 4) is 0 Å². The zero-order chi connectivity index (χ0) is 10.3. The summed E-state index contributed by atoms with van der Waals surface area (Å²) < 4.78 is 0.795. The molecule has 14 heavy (non-hydrogen) atoms. The number of hydrogen-bond donors (Lipinski definition) is 2. The Morgan fingerprint density at radius 2 is 2.29 bits per heavy atom. The quantitative estimate of drug-likeness (QED) is 0.836. The topological polar surface area (TPSA) is 70.2 Å². The van der Waals surface area contributed by atoms with Crippen LogP contribution in [0.1, 0.15) is 10.4 Å². The molecule has 0 atom stereocenters. The number of thiophene rings is 1. The molecule has 6 heteroatoms. The summed E-state index contributed by atoms with van der Waals surface area (Å²) in [5, 5.41) is 9.11. The van der Waals surface area contributed by atoms with E-state index in [1.165, 1.54) is 17.5 Å². The molecular weight excluding hydrogens is 270 g/mol. The lowest BCUT2D eigenvalue weighted by molar-refractivity contribution is 0.0695. The molecule has 0 unspecified atom stereocenters. The van der Waals surface area contributed by atoms with E-state index < -0.39 is 11.4 Å². The van der Waals surface area contributed by atoms with Gasteiger partial charge in [-0.2, -0.15) is 0 Å². The second kappa shape index (κ2) is 3.21. The highest BCUT2D eigenvalue weighted by Gasteiger charge is 2.12. The minimum absolute atomic E-state index is 0.234. The molecule has 72 valence electrons. The second-order valence-corrected chi connectivity index (χ2v) is 5.06. The highest BCUT2D eigenvalue weighted by atomic mass is 79.9. The van der Waals surface area contributed by atoms with Gasteiger partial charge in [-0.1, -0.05) is 0 Å². The number of rotatable bonds is 1. The van der Waals surface area contributed by atoms with Crippen molar-refractivity contribution in [1.82, 2.24) is 4.98 Å². The summed E-state index contributed by atoms with van der Waals surface area (Å²) in [5.74, 6) is -1.21. The average molecular weight is 274 g/mol. The van der Waals surface area contributed by atoms with Crippen LogP contribution >= 0.6 is 27.3 Å². The molecule has 2 aromatic heterocycles. The van der Waals surface area contributed by atoms with Crippen LogP contribution < -0.4 is 5.43 Å². The summed E-state index contributed by atoms with van der Waals surface area (Å²) in [6, 6.07) is 1.62. The van der Waals surface area contributed by atoms with E-state index in [9.17, 15) is 9.59 Å². The summed E-state index contributed by atoms with van der Waals surface area (Å²) in [5.41, 5.74) is -0.684. The van der Waals surface area contributed by atoms with Crippen LogP contribution in [-0.4, -0.2) is 16.1 Å². The lowest BCUT2D eigenvalue weighted by atomic mass is 10.2. The predicted octanol–water partition coefficient (Wildman–Crippen LogP) is 2.05. The first-order valence-electron chi connectivity index (χ1n) is 3.63. The third-order valence-electron chi connectivity index (χ3n) is 1.77. The molecule has 0 amide bonds. The SMILES string of the molecule is O=C(O)c1c[nH]c2sc(Br)cc2c1=O. The van der Waals surface area contributed by atoms with Crippen LogP contribution in [0.4, 0.5) is 0 Å². The van der Waals surface area contributed by atoms with E-state index in [1.54, 1.807) is 6.07 Å². The van der Waals surface area contributed by atoms with Crippen molar-refractivity contribution in [2.24, 2.45) is 0 Å². The molecule has 2 rings (SSSR count). The van der Waals surface area contributed by atoms with Gasteiger partial charge < -0.3 is 10.1 Å². The molecule has 0 saturated carbocycles. The molecule has 2 N–H and O–H groups in total. The van der Waals surface area contributed by atoms with Crippen molar-refractivity contribution in [1.29, 1.82) is 0 Å². The van der Waals surface area contributed by atoms with Gasteiger partial charge in [0.15, 0.2) is 0 Å². The first-order valence-corrected chi connectivity index (χ1v) is 5.24. The Balaban J connectivity index is 2.88. The van der Waals surface area contributed by atoms with E-state index in [2.05, 4.69) is 20.9 Å². The number of carboxylic acids is 1. The van der Waals surface area contributed by atoms with Crippen LogP contribution in [0.2, 0.25) is 0 Å². The van der Waals surface area contributed by atoms with E-state index in [-0.39, 0.29) is 5.56 Å². The number of aromatic carboxylic acids is 1. The first kappa shape index (κ1) is 9.42. The third kappa shape index (κ3) is 1.36. The fraction of sp³-hybridized carbons (Fsp3) is 0. The van der Waals surface area contributed by atoms with E-state index in [0.29, 0.717) is 10.2 Å². The highest BCUT2D eigenvalue weighted by Crippen LogP contribution is 2.25. The van der Waals surface area contributed by atoms with Crippen molar-refractivity contribution in [3.05, 3.63) is 31.8 Å². The molecule has 2 heterocycles. The van der Waals surface area contributed by atoms with E-state index in [4.69, 9.17) is 5.11 Å². The van der Waals surface area contributed by atoms with Gasteiger partial charge in [-0.05, 0) is 22.0 Å². The predicted molar refractivity (Wildman–Crippen MR) is 57.1 cm³/mol. The largest absolute Gasteiger partial charge is 0.477 e. The standard InChI is InChI=1S/C8H4BrNO3S/c9-5-1-3-6(11)4(8(12)13)2-10-7(3)14-5/h1-2H,(H,10,11)(H,12,13). The number of pyridine rings is 1. The van der Waals surface area contributed by atoms with Crippen LogP contribution in [0, 0.1) is 0 Å². The van der Waals surface area contributed by atoms with Gasteiger partial charge in [0.25, 0.3) is 0 Å². The number of carbonyl (C=O) groups is 1. The van der Waals surface area contributed by atoms with Crippen LogP contribution in [0.3, 0.4) is 0 Å². The number of hydrogen-bond acceptors (Lipinski definition) is 3. The molecule has 0 aromatic carbocycles. The number of fused-ring (bicyclic) bond motifs is 1. The summed E-state index contributed by atoms with van der Waals surface area (Å²) in [6.07, 6.45) is 1.22. The Labute approximate surface area is 90.3 Å². The maximum Gasteiger partial charge on any atom is 0.341 e. The minimum Gasteiger partial charge on any atom is -0.477 e. The van der Waals surface area contributed by atoms with Gasteiger partial charge >= 0.3 is 5.97 Å². The van der Waals surface area contributed by atoms with Gasteiger partial charge in [-0.15, -0.1) is 11.3 Å². The molecular formula is C8H4BrNO3S. The average Bonchev–Trinajstić information content (AvgIpc) is 2.46. The van der Waals surface area contributed by atoms with Gasteiger partial charge in [0.05, 0.1) is 9.17 Å². The van der Waals surface area contributed by atoms with Crippen molar-refractivity contribution < 1.29 is 9.90 Å². The number of H-pyrrole nitrogens is 1. The van der Waals surface area contributed by atoms with Crippen molar-refractivity contribution in [2.45, 2.75) is 0 Å². The molecule has 0 saturated heterocycles. The Bertz CT molecular complexity index is 571. The van der Waals surface area contributed by atoms with E-state index in [0.717, 1.165) is 3.79 Å². The maximum absolute atomic E-state index is 11.6. The summed E-state index contributed by atoms with van der Waals surface area (Å²) in [4.78, 5) is 25.7. The van der Waals surface area contributed by atoms with Crippen molar-refractivity contribution >= 4 is 43.5 Å². The highest BCUT2D eigenvalue weighted by molar-refractivity contribution is 9.11. The lowest BCUT2D eigenvalue weighted by Gasteiger charge is -1.92. The fourth-order valence-corrected chi connectivity index (χ4v) is 2.61.